The average molecular weight is 387 g/mol. The molecule has 0 aromatic carbocycles. The van der Waals surface area contributed by atoms with Gasteiger partial charge in [0.2, 0.25) is 5.82 Å². The molecular formula is C19H31FN2O3S. The summed E-state index contributed by atoms with van der Waals surface area (Å²) < 4.78 is 19.5. The minimum Gasteiger partial charge on any atom is -0.465 e. The average Bonchev–Trinajstić information content (AvgIpc) is 2.62. The molecule has 1 aromatic rings. The lowest BCUT2D eigenvalue weighted by atomic mass is 10.1. The number of hydrogen-bond acceptors (Lipinski definition) is 5. The van der Waals surface area contributed by atoms with Gasteiger partial charge in [-0.25, -0.2) is 4.98 Å². The molecule has 1 rings (SSSR count). The van der Waals surface area contributed by atoms with Crippen LogP contribution in [0.25, 0.3) is 0 Å². The number of carbonyl (C=O) groups is 1. The summed E-state index contributed by atoms with van der Waals surface area (Å²) >= 11 is 1.50. The number of halogens is 1. The van der Waals surface area contributed by atoms with Gasteiger partial charge in [-0.1, -0.05) is 64.1 Å². The molecule has 0 radical (unpaired) electrons. The van der Waals surface area contributed by atoms with Crippen molar-refractivity contribution in [3.05, 3.63) is 22.4 Å². The Balaban J connectivity index is 1.95. The van der Waals surface area contributed by atoms with Crippen LogP contribution >= 0.6 is 11.8 Å². The van der Waals surface area contributed by atoms with E-state index in [1.807, 2.05) is 13.8 Å². The van der Waals surface area contributed by atoms with E-state index in [9.17, 15) is 14.0 Å². The van der Waals surface area contributed by atoms with Crippen molar-refractivity contribution >= 4 is 17.7 Å². The molecule has 0 saturated carbocycles. The van der Waals surface area contributed by atoms with E-state index in [1.165, 1.54) is 42.0 Å². The Bertz CT molecular complexity index is 605. The van der Waals surface area contributed by atoms with Gasteiger partial charge in [-0.2, -0.15) is 4.39 Å². The largest absolute Gasteiger partial charge is 0.465 e. The van der Waals surface area contributed by atoms with E-state index in [0.29, 0.717) is 11.8 Å². The number of aromatic nitrogens is 2. The van der Waals surface area contributed by atoms with Crippen LogP contribution in [0.4, 0.5) is 4.39 Å². The Labute approximate surface area is 159 Å². The molecular weight excluding hydrogens is 355 g/mol. The third kappa shape index (κ3) is 8.83. The standard InChI is InChI=1S/C19H31FN2O3S/c1-15(2)18(24)25-12-10-8-6-4-5-7-9-11-13-26-19-21-14-16(20)17(23)22(19)3/h14-15H,4-13H2,1-3H3. The number of carbonyl (C=O) groups excluding carboxylic acids is 1. The van der Waals surface area contributed by atoms with Gasteiger partial charge in [0.1, 0.15) is 0 Å². The summed E-state index contributed by atoms with van der Waals surface area (Å²) in [6.07, 6.45) is 10.0. The molecule has 0 amide bonds. The summed E-state index contributed by atoms with van der Waals surface area (Å²) in [6, 6.07) is 0. The van der Waals surface area contributed by atoms with Crippen LogP contribution in [0.15, 0.2) is 16.1 Å². The van der Waals surface area contributed by atoms with Gasteiger partial charge in [-0.05, 0) is 12.8 Å². The molecule has 0 atom stereocenters. The lowest BCUT2D eigenvalue weighted by Gasteiger charge is -2.07. The van der Waals surface area contributed by atoms with Crippen molar-refractivity contribution in [3.63, 3.8) is 0 Å². The Kier molecular flexibility index (Phi) is 11.2. The number of nitrogens with zero attached hydrogens (tertiary/aromatic N) is 2. The molecule has 0 bridgehead atoms. The fourth-order valence-electron chi connectivity index (χ4n) is 2.40. The second-order valence-electron chi connectivity index (χ2n) is 6.75. The third-order valence-electron chi connectivity index (χ3n) is 4.07. The van der Waals surface area contributed by atoms with E-state index in [2.05, 4.69) is 4.98 Å². The van der Waals surface area contributed by atoms with Crippen molar-refractivity contribution in [2.45, 2.75) is 70.4 Å². The predicted octanol–water partition coefficient (Wildman–Crippen LogP) is 4.33. The Hall–Kier alpha value is -1.37. The summed E-state index contributed by atoms with van der Waals surface area (Å²) in [5.74, 6) is -0.0850. The minimum absolute atomic E-state index is 0.0446. The first-order valence-electron chi connectivity index (χ1n) is 9.44. The Morgan fingerprint density at radius 2 is 1.73 bits per heavy atom. The van der Waals surface area contributed by atoms with E-state index in [-0.39, 0.29) is 11.9 Å². The molecule has 0 aliphatic heterocycles. The van der Waals surface area contributed by atoms with E-state index >= 15 is 0 Å². The topological polar surface area (TPSA) is 61.2 Å². The number of unbranched alkanes of at least 4 members (excludes halogenated alkanes) is 7. The summed E-state index contributed by atoms with van der Waals surface area (Å²) in [7, 11) is 1.55. The first-order valence-corrected chi connectivity index (χ1v) is 10.4. The van der Waals surface area contributed by atoms with Crippen LogP contribution in [0.5, 0.6) is 0 Å². The second-order valence-corrected chi connectivity index (χ2v) is 7.81. The number of thioether (sulfide) groups is 1. The molecule has 0 spiro atoms. The highest BCUT2D eigenvalue weighted by Crippen LogP contribution is 2.16. The molecule has 0 aliphatic rings. The van der Waals surface area contributed by atoms with E-state index < -0.39 is 11.4 Å². The molecule has 0 N–H and O–H groups in total. The number of rotatable bonds is 13. The second kappa shape index (κ2) is 12.9. The quantitative estimate of drug-likeness (QED) is 0.218. The van der Waals surface area contributed by atoms with Gasteiger partial charge in [0.15, 0.2) is 5.16 Å². The van der Waals surface area contributed by atoms with Gasteiger partial charge < -0.3 is 4.74 Å². The summed E-state index contributed by atoms with van der Waals surface area (Å²) in [5, 5.41) is 0.564. The summed E-state index contributed by atoms with van der Waals surface area (Å²) in [4.78, 5) is 26.7. The third-order valence-corrected chi connectivity index (χ3v) is 5.20. The minimum atomic E-state index is -0.810. The lowest BCUT2D eigenvalue weighted by molar-refractivity contribution is -0.147. The molecule has 0 aliphatic carbocycles. The highest BCUT2D eigenvalue weighted by atomic mass is 32.2. The molecule has 1 aromatic heterocycles. The molecule has 5 nitrogen and oxygen atoms in total. The SMILES string of the molecule is CC(C)C(=O)OCCCCCCCCCCSc1ncc(F)c(=O)n1C. The molecule has 1 heterocycles. The molecule has 148 valence electrons. The van der Waals surface area contributed by atoms with Gasteiger partial charge in [0.25, 0.3) is 5.56 Å². The Morgan fingerprint density at radius 3 is 2.35 bits per heavy atom. The summed E-state index contributed by atoms with van der Waals surface area (Å²) in [5.41, 5.74) is -0.624. The smallest absolute Gasteiger partial charge is 0.308 e. The lowest BCUT2D eigenvalue weighted by Crippen LogP contribution is -2.22. The van der Waals surface area contributed by atoms with E-state index in [4.69, 9.17) is 4.74 Å². The molecule has 0 fully saturated rings. The predicted molar refractivity (Wildman–Crippen MR) is 103 cm³/mol. The van der Waals surface area contributed by atoms with E-state index in [1.54, 1.807) is 7.05 Å². The maximum Gasteiger partial charge on any atom is 0.308 e. The monoisotopic (exact) mass is 386 g/mol. The zero-order valence-electron chi connectivity index (χ0n) is 16.1. The van der Waals surface area contributed by atoms with Gasteiger partial charge >= 0.3 is 5.97 Å². The zero-order chi connectivity index (χ0) is 19.4. The van der Waals surface area contributed by atoms with Crippen LogP contribution in [0, 0.1) is 11.7 Å². The fourth-order valence-corrected chi connectivity index (χ4v) is 3.34. The Morgan fingerprint density at radius 1 is 1.15 bits per heavy atom. The van der Waals surface area contributed by atoms with Crippen molar-refractivity contribution < 1.29 is 13.9 Å². The highest BCUT2D eigenvalue weighted by molar-refractivity contribution is 7.99. The normalized spacial score (nSPS) is 11.1. The van der Waals surface area contributed by atoms with Crippen molar-refractivity contribution in [1.82, 2.24) is 9.55 Å². The zero-order valence-corrected chi connectivity index (χ0v) is 16.9. The van der Waals surface area contributed by atoms with Crippen LogP contribution in [0.2, 0.25) is 0 Å². The van der Waals surface area contributed by atoms with Crippen LogP contribution in [0.3, 0.4) is 0 Å². The van der Waals surface area contributed by atoms with Crippen molar-refractivity contribution in [1.29, 1.82) is 0 Å². The van der Waals surface area contributed by atoms with Crippen molar-refractivity contribution in [3.8, 4) is 0 Å². The van der Waals surface area contributed by atoms with Crippen LogP contribution in [0.1, 0.15) is 65.2 Å². The number of esters is 1. The summed E-state index contributed by atoms with van der Waals surface area (Å²) in [6.45, 7) is 4.23. The highest BCUT2D eigenvalue weighted by Gasteiger charge is 2.07. The van der Waals surface area contributed by atoms with Gasteiger partial charge in [-0.15, -0.1) is 0 Å². The van der Waals surface area contributed by atoms with Crippen LogP contribution < -0.4 is 5.56 Å². The first-order chi connectivity index (χ1) is 12.4. The number of hydrogen-bond donors (Lipinski definition) is 0. The van der Waals surface area contributed by atoms with Crippen LogP contribution in [-0.4, -0.2) is 27.9 Å². The maximum atomic E-state index is 13.1. The van der Waals surface area contributed by atoms with E-state index in [0.717, 1.165) is 37.6 Å². The first kappa shape index (κ1) is 22.7. The van der Waals surface area contributed by atoms with Crippen molar-refractivity contribution in [2.75, 3.05) is 12.4 Å². The maximum absolute atomic E-state index is 13.1. The molecule has 0 unspecified atom stereocenters. The van der Waals surface area contributed by atoms with Crippen molar-refractivity contribution in [2.24, 2.45) is 13.0 Å². The molecule has 0 saturated heterocycles. The molecule has 26 heavy (non-hydrogen) atoms. The number of ether oxygens (including phenoxy) is 1. The van der Waals surface area contributed by atoms with Crippen LogP contribution in [-0.2, 0) is 16.6 Å². The fraction of sp³-hybridized carbons (Fsp3) is 0.737. The van der Waals surface area contributed by atoms with Gasteiger partial charge in [-0.3, -0.25) is 14.2 Å². The molecule has 7 heteroatoms. The van der Waals surface area contributed by atoms with Gasteiger partial charge in [0, 0.05) is 12.8 Å². The van der Waals surface area contributed by atoms with Gasteiger partial charge in [0.05, 0.1) is 18.7 Å².